The molecule has 2 fully saturated rings. The molecule has 2 N–H and O–H groups in total. The average molecular weight is 239 g/mol. The number of rotatable bonds is 4. The monoisotopic (exact) mass is 239 g/mol. The van der Waals surface area contributed by atoms with Crippen molar-refractivity contribution in [3.63, 3.8) is 0 Å². The molecule has 0 bridgehead atoms. The van der Waals surface area contributed by atoms with Crippen LogP contribution in [-0.4, -0.2) is 49.6 Å². The highest BCUT2D eigenvalue weighted by molar-refractivity contribution is 5.79. The third-order valence-electron chi connectivity index (χ3n) is 4.19. The average Bonchev–Trinajstić information content (AvgIpc) is 2.95. The summed E-state index contributed by atoms with van der Waals surface area (Å²) >= 11 is 0. The second-order valence-electron chi connectivity index (χ2n) is 5.58. The van der Waals surface area contributed by atoms with Gasteiger partial charge in [-0.3, -0.25) is 9.69 Å². The molecule has 0 spiro atoms. The summed E-state index contributed by atoms with van der Waals surface area (Å²) in [5.41, 5.74) is 0. The molecule has 2 aliphatic heterocycles. The van der Waals surface area contributed by atoms with Gasteiger partial charge in [-0.05, 0) is 45.3 Å². The van der Waals surface area contributed by atoms with Crippen molar-refractivity contribution >= 4 is 5.91 Å². The predicted octanol–water partition coefficient (Wildman–Crippen LogP) is 0.442. The number of nitrogens with one attached hydrogen (secondary N) is 2. The topological polar surface area (TPSA) is 44.4 Å². The van der Waals surface area contributed by atoms with E-state index >= 15 is 0 Å². The van der Waals surface area contributed by atoms with Gasteiger partial charge in [-0.25, -0.2) is 0 Å². The Hall–Kier alpha value is -0.610. The fraction of sp³-hybridized carbons (Fsp3) is 0.923. The van der Waals surface area contributed by atoms with Gasteiger partial charge in [-0.1, -0.05) is 6.92 Å². The van der Waals surface area contributed by atoms with Crippen molar-refractivity contribution in [3.8, 4) is 0 Å². The summed E-state index contributed by atoms with van der Waals surface area (Å²) in [6, 6.07) is 0.478. The first kappa shape index (κ1) is 12.8. The summed E-state index contributed by atoms with van der Waals surface area (Å²) in [5.74, 6) is 0.867. The molecule has 0 aliphatic carbocycles. The van der Waals surface area contributed by atoms with E-state index in [0.717, 1.165) is 19.6 Å². The fourth-order valence-corrected chi connectivity index (χ4v) is 2.85. The molecule has 2 rings (SSSR count). The van der Waals surface area contributed by atoms with Crippen LogP contribution in [0.15, 0.2) is 0 Å². The van der Waals surface area contributed by atoms with E-state index in [9.17, 15) is 4.79 Å². The van der Waals surface area contributed by atoms with E-state index in [1.165, 1.54) is 25.9 Å². The molecule has 17 heavy (non-hydrogen) atoms. The number of carbonyl (C=O) groups excluding carboxylic acids is 1. The molecule has 3 unspecified atom stereocenters. The van der Waals surface area contributed by atoms with Crippen molar-refractivity contribution in [2.45, 2.75) is 32.7 Å². The molecule has 2 heterocycles. The van der Waals surface area contributed by atoms with Gasteiger partial charge in [0.1, 0.15) is 0 Å². The van der Waals surface area contributed by atoms with Gasteiger partial charge in [0.2, 0.25) is 5.91 Å². The van der Waals surface area contributed by atoms with Crippen molar-refractivity contribution in [3.05, 3.63) is 0 Å². The minimum Gasteiger partial charge on any atom is -0.354 e. The number of hydrogen-bond acceptors (Lipinski definition) is 3. The molecule has 0 aromatic heterocycles. The standard InChI is InChI=1S/C13H25N3O/c1-10-7-14-9-12(10)13(17)15-8-11(2)16-5-3-4-6-16/h10-12,14H,3-9H2,1-2H3,(H,15,17). The first-order valence-electron chi connectivity index (χ1n) is 6.91. The van der Waals surface area contributed by atoms with Gasteiger partial charge in [0.15, 0.2) is 0 Å². The van der Waals surface area contributed by atoms with E-state index in [0.29, 0.717) is 12.0 Å². The second-order valence-corrected chi connectivity index (χ2v) is 5.58. The lowest BCUT2D eigenvalue weighted by molar-refractivity contribution is -0.125. The van der Waals surface area contributed by atoms with E-state index in [1.807, 2.05) is 0 Å². The van der Waals surface area contributed by atoms with Gasteiger partial charge >= 0.3 is 0 Å². The first-order valence-corrected chi connectivity index (χ1v) is 6.91. The van der Waals surface area contributed by atoms with E-state index < -0.39 is 0 Å². The summed E-state index contributed by atoms with van der Waals surface area (Å²) in [4.78, 5) is 14.5. The molecule has 2 aliphatic rings. The molecule has 3 atom stereocenters. The Morgan fingerprint density at radius 2 is 2.12 bits per heavy atom. The van der Waals surface area contributed by atoms with E-state index in [1.54, 1.807) is 0 Å². The van der Waals surface area contributed by atoms with Crippen molar-refractivity contribution < 1.29 is 4.79 Å². The maximum atomic E-state index is 12.0. The Morgan fingerprint density at radius 3 is 2.71 bits per heavy atom. The molecule has 0 aromatic carbocycles. The number of amides is 1. The van der Waals surface area contributed by atoms with Crippen LogP contribution in [0.3, 0.4) is 0 Å². The molecule has 0 saturated carbocycles. The van der Waals surface area contributed by atoms with E-state index in [4.69, 9.17) is 0 Å². The molecule has 4 nitrogen and oxygen atoms in total. The largest absolute Gasteiger partial charge is 0.354 e. The Morgan fingerprint density at radius 1 is 1.41 bits per heavy atom. The lowest BCUT2D eigenvalue weighted by Crippen LogP contribution is -2.43. The van der Waals surface area contributed by atoms with Gasteiger partial charge in [0, 0.05) is 19.1 Å². The van der Waals surface area contributed by atoms with Crippen LogP contribution in [0, 0.1) is 11.8 Å². The zero-order valence-electron chi connectivity index (χ0n) is 11.0. The minimum atomic E-state index is 0.167. The maximum Gasteiger partial charge on any atom is 0.224 e. The van der Waals surface area contributed by atoms with Crippen molar-refractivity contribution in [2.75, 3.05) is 32.7 Å². The molecule has 2 saturated heterocycles. The Balaban J connectivity index is 1.71. The summed E-state index contributed by atoms with van der Waals surface area (Å²) in [6.07, 6.45) is 2.61. The fourth-order valence-electron chi connectivity index (χ4n) is 2.85. The van der Waals surface area contributed by atoms with Crippen LogP contribution in [0.2, 0.25) is 0 Å². The van der Waals surface area contributed by atoms with Crippen LogP contribution in [0.1, 0.15) is 26.7 Å². The van der Waals surface area contributed by atoms with E-state index in [2.05, 4.69) is 29.4 Å². The number of carbonyl (C=O) groups is 1. The molecular formula is C13H25N3O. The summed E-state index contributed by atoms with van der Waals surface area (Å²) in [7, 11) is 0. The van der Waals surface area contributed by atoms with Crippen molar-refractivity contribution in [2.24, 2.45) is 11.8 Å². The second kappa shape index (κ2) is 5.83. The highest BCUT2D eigenvalue weighted by Gasteiger charge is 2.29. The summed E-state index contributed by atoms with van der Waals surface area (Å²) < 4.78 is 0. The molecule has 1 amide bonds. The predicted molar refractivity (Wildman–Crippen MR) is 68.8 cm³/mol. The zero-order valence-corrected chi connectivity index (χ0v) is 11.0. The smallest absolute Gasteiger partial charge is 0.224 e. The Labute approximate surface area is 104 Å². The molecule has 0 aromatic rings. The highest BCUT2D eigenvalue weighted by Crippen LogP contribution is 2.16. The van der Waals surface area contributed by atoms with Gasteiger partial charge in [-0.15, -0.1) is 0 Å². The molecule has 0 radical (unpaired) electrons. The van der Waals surface area contributed by atoms with Crippen LogP contribution >= 0.6 is 0 Å². The SMILES string of the molecule is CC1CNCC1C(=O)NCC(C)N1CCCC1. The minimum absolute atomic E-state index is 0.167. The van der Waals surface area contributed by atoms with Crippen LogP contribution < -0.4 is 10.6 Å². The summed E-state index contributed by atoms with van der Waals surface area (Å²) in [6.45, 7) is 9.35. The zero-order chi connectivity index (χ0) is 12.3. The number of nitrogens with zero attached hydrogens (tertiary/aromatic N) is 1. The Kier molecular flexibility index (Phi) is 4.40. The van der Waals surface area contributed by atoms with Gasteiger partial charge in [-0.2, -0.15) is 0 Å². The molecule has 4 heteroatoms. The van der Waals surface area contributed by atoms with Gasteiger partial charge in [0.25, 0.3) is 0 Å². The number of likely N-dealkylation sites (tertiary alicyclic amines) is 1. The third-order valence-corrected chi connectivity index (χ3v) is 4.19. The van der Waals surface area contributed by atoms with Gasteiger partial charge < -0.3 is 10.6 Å². The molecular weight excluding hydrogens is 214 g/mol. The lowest BCUT2D eigenvalue weighted by Gasteiger charge is -2.25. The molecule has 98 valence electrons. The van der Waals surface area contributed by atoms with Crippen LogP contribution in [-0.2, 0) is 4.79 Å². The lowest BCUT2D eigenvalue weighted by atomic mass is 9.97. The quantitative estimate of drug-likeness (QED) is 0.748. The van der Waals surface area contributed by atoms with Crippen LogP contribution in [0.4, 0.5) is 0 Å². The normalized spacial score (nSPS) is 31.6. The van der Waals surface area contributed by atoms with Crippen molar-refractivity contribution in [1.29, 1.82) is 0 Å². The number of hydrogen-bond donors (Lipinski definition) is 2. The Bertz CT molecular complexity index is 263. The van der Waals surface area contributed by atoms with Crippen LogP contribution in [0.5, 0.6) is 0 Å². The third kappa shape index (κ3) is 3.19. The van der Waals surface area contributed by atoms with Crippen LogP contribution in [0.25, 0.3) is 0 Å². The van der Waals surface area contributed by atoms with Gasteiger partial charge in [0.05, 0.1) is 5.92 Å². The van der Waals surface area contributed by atoms with Crippen molar-refractivity contribution in [1.82, 2.24) is 15.5 Å². The first-order chi connectivity index (χ1) is 8.18. The highest BCUT2D eigenvalue weighted by atomic mass is 16.1. The maximum absolute atomic E-state index is 12.0. The summed E-state index contributed by atoms with van der Waals surface area (Å²) in [5, 5.41) is 6.39. The van der Waals surface area contributed by atoms with E-state index in [-0.39, 0.29) is 11.8 Å².